The maximum atomic E-state index is 11.8. The van der Waals surface area contributed by atoms with Gasteiger partial charge in [0.05, 0.1) is 0 Å². The molecule has 0 aliphatic rings. The molecule has 0 aliphatic heterocycles. The summed E-state index contributed by atoms with van der Waals surface area (Å²) in [6.45, 7) is 1.60. The SMILES string of the molecule is Cc1cccnc1C(=O)N[C@@H](CS(=O)(=O)O)C(=O)O. The topological polar surface area (TPSA) is 134 Å². The lowest BCUT2D eigenvalue weighted by Gasteiger charge is -2.13. The van der Waals surface area contributed by atoms with E-state index in [0.29, 0.717) is 5.56 Å². The normalized spacial score (nSPS) is 12.7. The summed E-state index contributed by atoms with van der Waals surface area (Å²) in [5, 5.41) is 10.8. The van der Waals surface area contributed by atoms with Crippen molar-refractivity contribution < 1.29 is 27.7 Å². The number of carboxylic acids is 1. The fraction of sp³-hybridized carbons (Fsp3) is 0.300. The molecule has 104 valence electrons. The van der Waals surface area contributed by atoms with Crippen LogP contribution in [-0.4, -0.2) is 46.7 Å². The van der Waals surface area contributed by atoms with Crippen LogP contribution in [0.15, 0.2) is 18.3 Å². The molecule has 0 bridgehead atoms. The van der Waals surface area contributed by atoms with E-state index in [1.54, 1.807) is 19.1 Å². The summed E-state index contributed by atoms with van der Waals surface area (Å²) in [7, 11) is -4.52. The number of aromatic nitrogens is 1. The first kappa shape index (κ1) is 15.1. The van der Waals surface area contributed by atoms with E-state index in [9.17, 15) is 18.0 Å². The van der Waals surface area contributed by atoms with Gasteiger partial charge in [0.1, 0.15) is 17.5 Å². The van der Waals surface area contributed by atoms with Gasteiger partial charge in [0.15, 0.2) is 0 Å². The van der Waals surface area contributed by atoms with Gasteiger partial charge in [0.2, 0.25) is 0 Å². The van der Waals surface area contributed by atoms with E-state index < -0.39 is 33.8 Å². The lowest BCUT2D eigenvalue weighted by molar-refractivity contribution is -0.138. The first-order chi connectivity index (χ1) is 8.70. The van der Waals surface area contributed by atoms with Gasteiger partial charge in [0.25, 0.3) is 16.0 Å². The Balaban J connectivity index is 2.89. The molecule has 1 rings (SSSR count). The molecule has 0 spiro atoms. The van der Waals surface area contributed by atoms with Gasteiger partial charge in [-0.3, -0.25) is 14.3 Å². The van der Waals surface area contributed by atoms with Gasteiger partial charge in [-0.15, -0.1) is 0 Å². The average Bonchev–Trinajstić information content (AvgIpc) is 2.26. The van der Waals surface area contributed by atoms with Crippen molar-refractivity contribution in [2.24, 2.45) is 0 Å². The number of carbonyl (C=O) groups is 2. The van der Waals surface area contributed by atoms with Crippen molar-refractivity contribution in [1.82, 2.24) is 10.3 Å². The monoisotopic (exact) mass is 288 g/mol. The Bertz CT molecular complexity index is 598. The van der Waals surface area contributed by atoms with Crippen molar-refractivity contribution in [3.63, 3.8) is 0 Å². The van der Waals surface area contributed by atoms with Crippen LogP contribution in [0.2, 0.25) is 0 Å². The minimum atomic E-state index is -4.52. The molecular weight excluding hydrogens is 276 g/mol. The maximum Gasteiger partial charge on any atom is 0.327 e. The number of rotatable bonds is 5. The minimum absolute atomic E-state index is 0.0101. The van der Waals surface area contributed by atoms with E-state index in [0.717, 1.165) is 0 Å². The molecule has 0 unspecified atom stereocenters. The molecule has 0 aliphatic carbocycles. The first-order valence-corrected chi connectivity index (χ1v) is 6.72. The smallest absolute Gasteiger partial charge is 0.327 e. The Morgan fingerprint density at radius 3 is 2.58 bits per heavy atom. The van der Waals surface area contributed by atoms with Crippen LogP contribution in [0.5, 0.6) is 0 Å². The molecule has 0 fully saturated rings. The molecule has 0 saturated heterocycles. The van der Waals surface area contributed by atoms with Gasteiger partial charge in [-0.25, -0.2) is 4.79 Å². The number of hydrogen-bond donors (Lipinski definition) is 3. The zero-order chi connectivity index (χ0) is 14.6. The van der Waals surface area contributed by atoms with Crippen LogP contribution in [0.25, 0.3) is 0 Å². The van der Waals surface area contributed by atoms with Gasteiger partial charge in [-0.1, -0.05) is 6.07 Å². The highest BCUT2D eigenvalue weighted by Gasteiger charge is 2.26. The third-order valence-electron chi connectivity index (χ3n) is 2.21. The van der Waals surface area contributed by atoms with Crippen LogP contribution in [0.3, 0.4) is 0 Å². The van der Waals surface area contributed by atoms with Crippen molar-refractivity contribution in [2.75, 3.05) is 5.75 Å². The van der Waals surface area contributed by atoms with Crippen molar-refractivity contribution in [2.45, 2.75) is 13.0 Å². The predicted octanol–water partition coefficient (Wildman–Crippen LogP) is -0.539. The number of aliphatic carboxylic acids is 1. The van der Waals surface area contributed by atoms with Gasteiger partial charge in [0, 0.05) is 6.20 Å². The summed E-state index contributed by atoms with van der Waals surface area (Å²) in [5.74, 6) is -3.51. The average molecular weight is 288 g/mol. The van der Waals surface area contributed by atoms with Crippen LogP contribution in [0.4, 0.5) is 0 Å². The predicted molar refractivity (Wildman–Crippen MR) is 64.3 cm³/mol. The third kappa shape index (κ3) is 4.64. The Hall–Kier alpha value is -2.00. The standard InChI is InChI=1S/C10H12N2O6S/c1-6-3-2-4-11-8(6)9(13)12-7(10(14)15)5-19(16,17)18/h2-4,7H,5H2,1H3,(H,12,13)(H,14,15)(H,16,17,18)/t7-/m0/s1. The van der Waals surface area contributed by atoms with Gasteiger partial charge < -0.3 is 10.4 Å². The minimum Gasteiger partial charge on any atom is -0.480 e. The Kier molecular flexibility index (Phi) is 4.57. The zero-order valence-corrected chi connectivity index (χ0v) is 10.7. The number of aryl methyl sites for hydroxylation is 1. The second kappa shape index (κ2) is 5.76. The maximum absolute atomic E-state index is 11.8. The van der Waals surface area contributed by atoms with Crippen LogP contribution in [0, 0.1) is 6.92 Å². The quantitative estimate of drug-likeness (QED) is 0.619. The Morgan fingerprint density at radius 1 is 1.47 bits per heavy atom. The van der Waals surface area contributed by atoms with Crippen LogP contribution < -0.4 is 5.32 Å². The Morgan fingerprint density at radius 2 is 2.11 bits per heavy atom. The Labute approximate surface area is 109 Å². The largest absolute Gasteiger partial charge is 0.480 e. The van der Waals surface area contributed by atoms with Crippen LogP contribution >= 0.6 is 0 Å². The van der Waals surface area contributed by atoms with E-state index >= 15 is 0 Å². The molecule has 1 aromatic heterocycles. The fourth-order valence-corrected chi connectivity index (χ4v) is 1.98. The van der Waals surface area contributed by atoms with Crippen molar-refractivity contribution in [3.05, 3.63) is 29.6 Å². The summed E-state index contributed by atoms with van der Waals surface area (Å²) in [4.78, 5) is 26.3. The number of nitrogens with one attached hydrogen (secondary N) is 1. The number of nitrogens with zero attached hydrogens (tertiary/aromatic N) is 1. The molecule has 1 heterocycles. The lowest BCUT2D eigenvalue weighted by atomic mass is 10.2. The van der Waals surface area contributed by atoms with Crippen molar-refractivity contribution in [1.29, 1.82) is 0 Å². The van der Waals surface area contributed by atoms with E-state index in [1.807, 2.05) is 5.32 Å². The van der Waals surface area contributed by atoms with Crippen LogP contribution in [0.1, 0.15) is 16.1 Å². The number of amides is 1. The highest BCUT2D eigenvalue weighted by Crippen LogP contribution is 2.04. The number of carbonyl (C=O) groups excluding carboxylic acids is 1. The number of hydrogen-bond acceptors (Lipinski definition) is 5. The molecule has 0 aromatic carbocycles. The van der Waals surface area contributed by atoms with Gasteiger partial charge in [-0.05, 0) is 18.6 Å². The molecule has 0 radical (unpaired) electrons. The second-order valence-electron chi connectivity index (χ2n) is 3.78. The van der Waals surface area contributed by atoms with Crippen molar-refractivity contribution in [3.8, 4) is 0 Å². The van der Waals surface area contributed by atoms with E-state index in [4.69, 9.17) is 9.66 Å². The summed E-state index contributed by atoms with van der Waals surface area (Å²) >= 11 is 0. The summed E-state index contributed by atoms with van der Waals surface area (Å²) in [5.41, 5.74) is 0.500. The third-order valence-corrected chi connectivity index (χ3v) is 2.96. The fourth-order valence-electron chi connectivity index (χ4n) is 1.34. The molecule has 3 N–H and O–H groups in total. The van der Waals surface area contributed by atoms with E-state index in [2.05, 4.69) is 4.98 Å². The summed E-state index contributed by atoms with van der Waals surface area (Å²) in [6, 6.07) is 1.45. The number of carboxylic acid groups (broad SMARTS) is 1. The molecule has 1 amide bonds. The molecular formula is C10H12N2O6S. The zero-order valence-electron chi connectivity index (χ0n) is 9.90. The summed E-state index contributed by atoms with van der Waals surface area (Å²) < 4.78 is 29.9. The molecule has 19 heavy (non-hydrogen) atoms. The summed E-state index contributed by atoms with van der Waals surface area (Å²) in [6.07, 6.45) is 1.35. The lowest BCUT2D eigenvalue weighted by Crippen LogP contribution is -2.45. The van der Waals surface area contributed by atoms with E-state index in [1.165, 1.54) is 6.20 Å². The van der Waals surface area contributed by atoms with Gasteiger partial charge >= 0.3 is 5.97 Å². The molecule has 1 aromatic rings. The second-order valence-corrected chi connectivity index (χ2v) is 5.28. The first-order valence-electron chi connectivity index (χ1n) is 5.11. The highest BCUT2D eigenvalue weighted by molar-refractivity contribution is 7.85. The van der Waals surface area contributed by atoms with Crippen LogP contribution in [-0.2, 0) is 14.9 Å². The molecule has 0 saturated carbocycles. The number of pyridine rings is 1. The highest BCUT2D eigenvalue weighted by atomic mass is 32.2. The molecule has 1 atom stereocenters. The molecule has 9 heteroatoms. The van der Waals surface area contributed by atoms with E-state index in [-0.39, 0.29) is 5.69 Å². The van der Waals surface area contributed by atoms with Gasteiger partial charge in [-0.2, -0.15) is 8.42 Å². The molecule has 8 nitrogen and oxygen atoms in total. The van der Waals surface area contributed by atoms with Crippen molar-refractivity contribution >= 4 is 22.0 Å².